The van der Waals surface area contributed by atoms with Gasteiger partial charge in [0.1, 0.15) is 29.5 Å². The van der Waals surface area contributed by atoms with Gasteiger partial charge in [0.05, 0.1) is 42.5 Å². The number of epoxide rings is 4. The van der Waals surface area contributed by atoms with Crippen molar-refractivity contribution in [1.82, 2.24) is 0 Å². The predicted octanol–water partition coefficient (Wildman–Crippen LogP) is 7.97. The first-order valence-corrected chi connectivity index (χ1v) is 20.1. The number of methoxy groups -OCH3 is 1. The van der Waals surface area contributed by atoms with Crippen molar-refractivity contribution in [3.63, 3.8) is 0 Å². The van der Waals surface area contributed by atoms with Crippen LogP contribution in [0.15, 0.2) is 23.3 Å². The highest BCUT2D eigenvalue weighted by Gasteiger charge is 2.73. The lowest BCUT2D eigenvalue weighted by molar-refractivity contribution is -0.172. The molecular formula is C42H66O9. The molecular weight excluding hydrogens is 648 g/mol. The SMILES string of the molecule is CO[C@@H]1[C@H](OC(=O)CCCCCCCCC(=O)O[C@@H]2CC[C@]3(CO3)[C@@H]([C@@]3(C)O[C@@H]3CC=C(C)C)[C@@H]2C)CC[C@]2(CO2)[C@H]1[C@@]1(C)O[C@@H]1CC=C(C)C. The third-order valence-electron chi connectivity index (χ3n) is 13.2. The molecule has 6 aliphatic rings. The molecule has 6 fully saturated rings. The molecule has 2 spiro atoms. The minimum Gasteiger partial charge on any atom is -0.462 e. The van der Waals surface area contributed by atoms with Crippen molar-refractivity contribution in [2.45, 2.75) is 191 Å². The Hall–Kier alpha value is -1.78. The Morgan fingerprint density at radius 1 is 0.686 bits per heavy atom. The van der Waals surface area contributed by atoms with Gasteiger partial charge in [0, 0.05) is 31.8 Å². The molecule has 0 N–H and O–H groups in total. The van der Waals surface area contributed by atoms with Crippen LogP contribution in [-0.2, 0) is 42.7 Å². The van der Waals surface area contributed by atoms with E-state index in [-0.39, 0.29) is 82.6 Å². The first-order chi connectivity index (χ1) is 24.3. The largest absolute Gasteiger partial charge is 0.462 e. The number of carbonyl (C=O) groups is 2. The van der Waals surface area contributed by atoms with E-state index >= 15 is 0 Å². The smallest absolute Gasteiger partial charge is 0.306 e. The topological polar surface area (TPSA) is 112 Å². The maximum Gasteiger partial charge on any atom is 0.306 e. The van der Waals surface area contributed by atoms with Crippen molar-refractivity contribution >= 4 is 11.9 Å². The molecule has 0 aromatic rings. The van der Waals surface area contributed by atoms with E-state index in [4.69, 9.17) is 33.2 Å². The Morgan fingerprint density at radius 2 is 1.12 bits per heavy atom. The molecule has 2 saturated carbocycles. The van der Waals surface area contributed by atoms with Crippen molar-refractivity contribution in [3.05, 3.63) is 23.3 Å². The van der Waals surface area contributed by atoms with Crippen LogP contribution in [0.2, 0.25) is 0 Å². The summed E-state index contributed by atoms with van der Waals surface area (Å²) in [7, 11) is 1.72. The Labute approximate surface area is 306 Å². The zero-order chi connectivity index (χ0) is 36.6. The third-order valence-corrected chi connectivity index (χ3v) is 13.2. The molecule has 4 saturated heterocycles. The quantitative estimate of drug-likeness (QED) is 0.0604. The minimum absolute atomic E-state index is 0.0352. The van der Waals surface area contributed by atoms with Gasteiger partial charge in [-0.3, -0.25) is 9.59 Å². The van der Waals surface area contributed by atoms with E-state index in [1.165, 1.54) is 11.1 Å². The standard InChI is InChI=1S/C42H66O9/c1-27(2)17-19-32-39(6,50-32)37-29(5)30(21-23-41(37)25-46-41)48-34(43)15-13-11-9-10-12-14-16-35(44)49-31-22-24-42(26-47-42)38(36(31)45-8)40(7)33(51-40)20-18-28(3)4/h17-18,29-33,36-38H,9-16,19-26H2,1-8H3/t29-,30-,31-,32-,33-,36-,37-,38-,39+,40+,41+,42+/m1/s1. The van der Waals surface area contributed by atoms with Gasteiger partial charge in [0.15, 0.2) is 0 Å². The average Bonchev–Trinajstić information content (AvgIpc) is 3.95. The Morgan fingerprint density at radius 3 is 1.59 bits per heavy atom. The Balaban J connectivity index is 0.852. The molecule has 288 valence electrons. The number of allylic oxidation sites excluding steroid dienone is 2. The molecule has 0 aromatic carbocycles. The summed E-state index contributed by atoms with van der Waals surface area (Å²) in [5, 5.41) is 0. The fraction of sp³-hybridized carbons (Fsp3) is 0.857. The highest BCUT2D eigenvalue weighted by molar-refractivity contribution is 5.70. The van der Waals surface area contributed by atoms with Crippen LogP contribution in [0.1, 0.15) is 138 Å². The highest BCUT2D eigenvalue weighted by atomic mass is 16.6. The molecule has 2 aliphatic carbocycles. The monoisotopic (exact) mass is 714 g/mol. The van der Waals surface area contributed by atoms with Crippen LogP contribution in [-0.4, -0.2) is 85.2 Å². The van der Waals surface area contributed by atoms with Gasteiger partial charge in [-0.05, 0) is 92.9 Å². The maximum absolute atomic E-state index is 12.9. The zero-order valence-electron chi connectivity index (χ0n) is 32.8. The molecule has 0 aromatic heterocycles. The summed E-state index contributed by atoms with van der Waals surface area (Å²) < 4.78 is 42.9. The molecule has 9 nitrogen and oxygen atoms in total. The Bertz CT molecular complexity index is 1310. The summed E-state index contributed by atoms with van der Waals surface area (Å²) >= 11 is 0. The maximum atomic E-state index is 12.9. The number of hydrogen-bond donors (Lipinski definition) is 0. The van der Waals surface area contributed by atoms with Gasteiger partial charge >= 0.3 is 11.9 Å². The number of carbonyl (C=O) groups excluding carboxylic acids is 2. The molecule has 51 heavy (non-hydrogen) atoms. The summed E-state index contributed by atoms with van der Waals surface area (Å²) in [6.45, 7) is 16.6. The van der Waals surface area contributed by atoms with E-state index < -0.39 is 0 Å². The molecule has 0 amide bonds. The first kappa shape index (κ1) is 38.9. The molecule has 9 heteroatoms. The number of ether oxygens (including phenoxy) is 7. The molecule has 4 heterocycles. The van der Waals surface area contributed by atoms with E-state index in [1.54, 1.807) is 7.11 Å². The normalized spacial score (nSPS) is 41.9. The van der Waals surface area contributed by atoms with Crippen LogP contribution in [0, 0.1) is 17.8 Å². The van der Waals surface area contributed by atoms with Crippen LogP contribution in [0.3, 0.4) is 0 Å². The van der Waals surface area contributed by atoms with Gasteiger partial charge in [-0.2, -0.15) is 0 Å². The minimum atomic E-state index is -0.337. The average molecular weight is 715 g/mol. The fourth-order valence-corrected chi connectivity index (χ4v) is 10.1. The molecule has 0 radical (unpaired) electrons. The molecule has 6 rings (SSSR count). The highest BCUT2D eigenvalue weighted by Crippen LogP contribution is 2.61. The van der Waals surface area contributed by atoms with E-state index in [0.29, 0.717) is 12.8 Å². The van der Waals surface area contributed by atoms with Gasteiger partial charge in [-0.1, -0.05) is 55.9 Å². The van der Waals surface area contributed by atoms with Crippen molar-refractivity contribution in [3.8, 4) is 0 Å². The lowest BCUT2D eigenvalue weighted by Gasteiger charge is -2.42. The van der Waals surface area contributed by atoms with E-state index in [2.05, 4.69) is 60.6 Å². The summed E-state index contributed by atoms with van der Waals surface area (Å²) in [6.07, 6.45) is 15.9. The van der Waals surface area contributed by atoms with Crippen LogP contribution < -0.4 is 0 Å². The number of unbranched alkanes of at least 4 members (excludes halogenated alkanes) is 5. The summed E-state index contributed by atoms with van der Waals surface area (Å²) in [5.41, 5.74) is 1.71. The van der Waals surface area contributed by atoms with Crippen molar-refractivity contribution < 1.29 is 42.7 Å². The van der Waals surface area contributed by atoms with Gasteiger partial charge in [0.2, 0.25) is 0 Å². The van der Waals surface area contributed by atoms with Gasteiger partial charge in [-0.25, -0.2) is 0 Å². The Kier molecular flexibility index (Phi) is 11.9. The molecule has 12 atom stereocenters. The van der Waals surface area contributed by atoms with Crippen LogP contribution in [0.4, 0.5) is 0 Å². The van der Waals surface area contributed by atoms with Crippen molar-refractivity contribution in [2.24, 2.45) is 17.8 Å². The fourth-order valence-electron chi connectivity index (χ4n) is 10.1. The molecule has 4 aliphatic heterocycles. The van der Waals surface area contributed by atoms with E-state index in [9.17, 15) is 9.59 Å². The van der Waals surface area contributed by atoms with Crippen molar-refractivity contribution in [2.75, 3.05) is 20.3 Å². The van der Waals surface area contributed by atoms with Crippen LogP contribution in [0.5, 0.6) is 0 Å². The van der Waals surface area contributed by atoms with E-state index in [0.717, 1.165) is 90.3 Å². The number of rotatable bonds is 18. The van der Waals surface area contributed by atoms with Gasteiger partial charge in [0.25, 0.3) is 0 Å². The molecule has 0 bridgehead atoms. The lowest BCUT2D eigenvalue weighted by Crippen LogP contribution is -2.55. The van der Waals surface area contributed by atoms with Crippen LogP contribution >= 0.6 is 0 Å². The molecule has 0 unspecified atom stereocenters. The van der Waals surface area contributed by atoms with Crippen LogP contribution in [0.25, 0.3) is 0 Å². The summed E-state index contributed by atoms with van der Waals surface area (Å²) in [4.78, 5) is 25.8. The second kappa shape index (κ2) is 15.5. The van der Waals surface area contributed by atoms with E-state index in [1.807, 2.05) is 0 Å². The second-order valence-electron chi connectivity index (χ2n) is 17.6. The van der Waals surface area contributed by atoms with Gasteiger partial charge < -0.3 is 33.2 Å². The number of hydrogen-bond acceptors (Lipinski definition) is 9. The number of esters is 2. The lowest BCUT2D eigenvalue weighted by atomic mass is 9.64. The third kappa shape index (κ3) is 8.64. The summed E-state index contributed by atoms with van der Waals surface area (Å²) in [5.74, 6) is 0.230. The van der Waals surface area contributed by atoms with Gasteiger partial charge in [-0.15, -0.1) is 0 Å². The summed E-state index contributed by atoms with van der Waals surface area (Å²) in [6, 6.07) is 0. The predicted molar refractivity (Wildman–Crippen MR) is 194 cm³/mol. The zero-order valence-corrected chi connectivity index (χ0v) is 32.8. The van der Waals surface area contributed by atoms with Crippen molar-refractivity contribution in [1.29, 1.82) is 0 Å². The first-order valence-electron chi connectivity index (χ1n) is 20.1. The second-order valence-corrected chi connectivity index (χ2v) is 17.6.